The van der Waals surface area contributed by atoms with Gasteiger partial charge in [-0.1, -0.05) is 0 Å². The second-order valence-electron chi connectivity index (χ2n) is 4.63. The molecule has 0 heterocycles. The van der Waals surface area contributed by atoms with E-state index in [1.807, 2.05) is 51.8 Å². The quantitative estimate of drug-likeness (QED) is 0.715. The minimum atomic E-state index is -0.867. The molecule has 0 fully saturated rings. The van der Waals surface area contributed by atoms with Gasteiger partial charge in [0.1, 0.15) is 0 Å². The first-order valence-electron chi connectivity index (χ1n) is 4.91. The summed E-state index contributed by atoms with van der Waals surface area (Å²) in [5, 5.41) is 9.04. The molecule has 0 saturated carbocycles. The first-order chi connectivity index (χ1) is 6.62. The van der Waals surface area contributed by atoms with E-state index < -0.39 is 5.97 Å². The molecule has 0 aromatic carbocycles. The van der Waals surface area contributed by atoms with Gasteiger partial charge >= 0.3 is 5.97 Å². The van der Waals surface area contributed by atoms with Crippen molar-refractivity contribution in [3.05, 3.63) is 11.3 Å². The molecule has 4 heteroatoms. The Kier molecular flexibility index (Phi) is 4.34. The van der Waals surface area contributed by atoms with Crippen LogP contribution in [0.4, 0.5) is 0 Å². The number of hydrogen-bond donors (Lipinski definition) is 1. The van der Waals surface area contributed by atoms with E-state index in [4.69, 9.17) is 5.11 Å². The standard InChI is InChI=1S/C11H22N2O2/c1-8(10(14)15)9(12(4)5)11(2,3)13(6)7/h1-7H3,(H,14,15). The van der Waals surface area contributed by atoms with E-state index >= 15 is 0 Å². The zero-order valence-electron chi connectivity index (χ0n) is 10.7. The summed E-state index contributed by atoms with van der Waals surface area (Å²) in [6.45, 7) is 5.66. The fourth-order valence-corrected chi connectivity index (χ4v) is 1.65. The van der Waals surface area contributed by atoms with Crippen molar-refractivity contribution in [1.82, 2.24) is 9.80 Å². The molecular weight excluding hydrogens is 192 g/mol. The summed E-state index contributed by atoms with van der Waals surface area (Å²) in [7, 11) is 7.62. The molecule has 0 spiro atoms. The number of aliphatic carboxylic acids is 1. The summed E-state index contributed by atoms with van der Waals surface area (Å²) in [6.07, 6.45) is 0. The minimum Gasteiger partial charge on any atom is -0.478 e. The van der Waals surface area contributed by atoms with Crippen LogP contribution in [-0.4, -0.2) is 54.6 Å². The lowest BCUT2D eigenvalue weighted by Crippen LogP contribution is -2.45. The second-order valence-corrected chi connectivity index (χ2v) is 4.63. The Balaban J connectivity index is 5.53. The molecule has 0 aliphatic carbocycles. The van der Waals surface area contributed by atoms with Gasteiger partial charge in [-0.05, 0) is 34.9 Å². The van der Waals surface area contributed by atoms with Gasteiger partial charge in [0.2, 0.25) is 0 Å². The topological polar surface area (TPSA) is 43.8 Å². The summed E-state index contributed by atoms with van der Waals surface area (Å²) in [4.78, 5) is 14.9. The van der Waals surface area contributed by atoms with Gasteiger partial charge in [-0.25, -0.2) is 4.79 Å². The van der Waals surface area contributed by atoms with Crippen LogP contribution in [-0.2, 0) is 4.79 Å². The number of hydrogen-bond acceptors (Lipinski definition) is 3. The zero-order valence-corrected chi connectivity index (χ0v) is 10.7. The molecule has 15 heavy (non-hydrogen) atoms. The van der Waals surface area contributed by atoms with Gasteiger partial charge in [0, 0.05) is 19.8 Å². The molecule has 0 atom stereocenters. The van der Waals surface area contributed by atoms with E-state index in [2.05, 4.69) is 0 Å². The summed E-state index contributed by atoms with van der Waals surface area (Å²) in [6, 6.07) is 0. The Hall–Kier alpha value is -1.03. The normalized spacial score (nSPS) is 13.9. The lowest BCUT2D eigenvalue weighted by Gasteiger charge is -2.39. The molecular formula is C11H22N2O2. The van der Waals surface area contributed by atoms with Crippen molar-refractivity contribution in [2.75, 3.05) is 28.2 Å². The van der Waals surface area contributed by atoms with Gasteiger partial charge in [-0.15, -0.1) is 0 Å². The number of carboxylic acids is 1. The second kappa shape index (κ2) is 4.66. The highest BCUT2D eigenvalue weighted by molar-refractivity contribution is 5.87. The van der Waals surface area contributed by atoms with Crippen LogP contribution in [0.2, 0.25) is 0 Å². The summed E-state index contributed by atoms with van der Waals surface area (Å²) in [5.74, 6) is -0.867. The number of nitrogens with zero attached hydrogens (tertiary/aromatic N) is 2. The van der Waals surface area contributed by atoms with E-state index in [-0.39, 0.29) is 5.54 Å². The molecule has 0 aliphatic rings. The van der Waals surface area contributed by atoms with Gasteiger partial charge < -0.3 is 10.0 Å². The summed E-state index contributed by atoms with van der Waals surface area (Å²) in [5.41, 5.74) is 0.908. The van der Waals surface area contributed by atoms with E-state index in [9.17, 15) is 4.79 Å². The SMILES string of the molecule is CC(C(=O)O)=C(N(C)C)C(C)(C)N(C)C. The van der Waals surface area contributed by atoms with Gasteiger partial charge in [0.15, 0.2) is 0 Å². The largest absolute Gasteiger partial charge is 0.478 e. The molecule has 0 bridgehead atoms. The van der Waals surface area contributed by atoms with Crippen molar-refractivity contribution >= 4 is 5.97 Å². The van der Waals surface area contributed by atoms with Crippen LogP contribution >= 0.6 is 0 Å². The maximum absolute atomic E-state index is 11.0. The van der Waals surface area contributed by atoms with Crippen molar-refractivity contribution in [1.29, 1.82) is 0 Å². The Bertz CT molecular complexity index is 278. The number of carbonyl (C=O) groups is 1. The highest BCUT2D eigenvalue weighted by Gasteiger charge is 2.30. The molecule has 0 aromatic rings. The lowest BCUT2D eigenvalue weighted by molar-refractivity contribution is -0.132. The first-order valence-corrected chi connectivity index (χ1v) is 4.91. The van der Waals surface area contributed by atoms with Crippen molar-refractivity contribution < 1.29 is 9.90 Å². The molecule has 88 valence electrons. The molecule has 0 saturated heterocycles. The van der Waals surface area contributed by atoms with Crippen LogP contribution < -0.4 is 0 Å². The van der Waals surface area contributed by atoms with Crippen molar-refractivity contribution in [2.24, 2.45) is 0 Å². The molecule has 0 amide bonds. The van der Waals surface area contributed by atoms with Gasteiger partial charge in [-0.2, -0.15) is 0 Å². The maximum atomic E-state index is 11.0. The first kappa shape index (κ1) is 14.0. The highest BCUT2D eigenvalue weighted by Crippen LogP contribution is 2.26. The van der Waals surface area contributed by atoms with Crippen LogP contribution in [0.5, 0.6) is 0 Å². The van der Waals surface area contributed by atoms with E-state index in [0.717, 1.165) is 5.70 Å². The van der Waals surface area contributed by atoms with Crippen LogP contribution in [0.15, 0.2) is 11.3 Å². The molecule has 0 aromatic heterocycles. The zero-order chi connectivity index (χ0) is 12.4. The number of carboxylic acid groups (broad SMARTS) is 1. The van der Waals surface area contributed by atoms with Crippen LogP contribution in [0.3, 0.4) is 0 Å². The maximum Gasteiger partial charge on any atom is 0.333 e. The van der Waals surface area contributed by atoms with E-state index in [1.165, 1.54) is 0 Å². The van der Waals surface area contributed by atoms with Gasteiger partial charge in [0.05, 0.1) is 11.1 Å². The summed E-state index contributed by atoms with van der Waals surface area (Å²) < 4.78 is 0. The molecule has 4 nitrogen and oxygen atoms in total. The third-order valence-electron chi connectivity index (χ3n) is 2.82. The van der Waals surface area contributed by atoms with Crippen LogP contribution in [0.25, 0.3) is 0 Å². The fourth-order valence-electron chi connectivity index (χ4n) is 1.65. The Labute approximate surface area is 92.2 Å². The smallest absolute Gasteiger partial charge is 0.333 e. The number of likely N-dealkylation sites (N-methyl/N-ethyl adjacent to an activating group) is 2. The molecule has 0 rings (SSSR count). The predicted octanol–water partition coefficient (Wildman–Crippen LogP) is 1.25. The Morgan fingerprint density at radius 3 is 1.73 bits per heavy atom. The van der Waals surface area contributed by atoms with Crippen molar-refractivity contribution in [3.63, 3.8) is 0 Å². The van der Waals surface area contributed by atoms with Crippen molar-refractivity contribution in [2.45, 2.75) is 26.3 Å². The lowest BCUT2D eigenvalue weighted by atomic mass is 9.94. The molecule has 0 aliphatic heterocycles. The monoisotopic (exact) mass is 214 g/mol. The third-order valence-corrected chi connectivity index (χ3v) is 2.82. The highest BCUT2D eigenvalue weighted by atomic mass is 16.4. The summed E-state index contributed by atoms with van der Waals surface area (Å²) >= 11 is 0. The van der Waals surface area contributed by atoms with Crippen LogP contribution in [0, 0.1) is 0 Å². The third kappa shape index (κ3) is 2.96. The molecule has 1 N–H and O–H groups in total. The van der Waals surface area contributed by atoms with E-state index in [0.29, 0.717) is 5.57 Å². The Morgan fingerprint density at radius 2 is 1.53 bits per heavy atom. The van der Waals surface area contributed by atoms with Crippen LogP contribution in [0.1, 0.15) is 20.8 Å². The van der Waals surface area contributed by atoms with Crippen molar-refractivity contribution in [3.8, 4) is 0 Å². The van der Waals surface area contributed by atoms with Gasteiger partial charge in [-0.3, -0.25) is 4.90 Å². The fraction of sp³-hybridized carbons (Fsp3) is 0.727. The predicted molar refractivity (Wildman–Crippen MR) is 61.8 cm³/mol. The number of rotatable bonds is 4. The Morgan fingerprint density at radius 1 is 1.13 bits per heavy atom. The molecule has 0 unspecified atom stereocenters. The van der Waals surface area contributed by atoms with E-state index in [1.54, 1.807) is 6.92 Å². The average molecular weight is 214 g/mol. The minimum absolute atomic E-state index is 0.300. The van der Waals surface area contributed by atoms with Gasteiger partial charge in [0.25, 0.3) is 0 Å². The average Bonchev–Trinajstić information content (AvgIpc) is 2.02. The molecule has 0 radical (unpaired) electrons.